The minimum absolute atomic E-state index is 0.164. The van der Waals surface area contributed by atoms with Crippen LogP contribution < -0.4 is 10.6 Å². The van der Waals surface area contributed by atoms with Gasteiger partial charge in [0.25, 0.3) is 0 Å². The molecule has 1 aliphatic carbocycles. The van der Waals surface area contributed by atoms with Crippen molar-refractivity contribution >= 4 is 11.9 Å². The number of guanidine groups is 1. The van der Waals surface area contributed by atoms with Gasteiger partial charge >= 0.3 is 0 Å². The van der Waals surface area contributed by atoms with E-state index in [1.807, 2.05) is 0 Å². The smallest absolute Gasteiger partial charge is 0.220 e. The Kier molecular flexibility index (Phi) is 7.57. The van der Waals surface area contributed by atoms with Gasteiger partial charge in [0.15, 0.2) is 5.96 Å². The Morgan fingerprint density at radius 2 is 1.80 bits per heavy atom. The fourth-order valence-corrected chi connectivity index (χ4v) is 4.25. The molecule has 0 aromatic carbocycles. The monoisotopic (exact) mass is 350 g/mol. The van der Waals surface area contributed by atoms with Crippen LogP contribution in [-0.2, 0) is 4.79 Å². The molecular weight excluding hydrogens is 312 g/mol. The third-order valence-corrected chi connectivity index (χ3v) is 6.10. The van der Waals surface area contributed by atoms with Crippen LogP contribution in [0.1, 0.15) is 65.7 Å². The number of rotatable bonds is 6. The Hall–Kier alpha value is -1.26. The number of nitrogens with zero attached hydrogens (tertiary/aromatic N) is 2. The summed E-state index contributed by atoms with van der Waals surface area (Å²) < 4.78 is 0. The number of carbonyl (C=O) groups is 1. The molecule has 0 aromatic heterocycles. The Balaban J connectivity index is 1.90. The van der Waals surface area contributed by atoms with Gasteiger partial charge in [0.05, 0.1) is 0 Å². The molecule has 2 fully saturated rings. The lowest BCUT2D eigenvalue weighted by Crippen LogP contribution is -2.46. The van der Waals surface area contributed by atoms with Crippen molar-refractivity contribution < 1.29 is 4.79 Å². The van der Waals surface area contributed by atoms with Gasteiger partial charge in [-0.25, -0.2) is 0 Å². The van der Waals surface area contributed by atoms with E-state index in [9.17, 15) is 4.79 Å². The van der Waals surface area contributed by atoms with E-state index in [2.05, 4.69) is 36.3 Å². The minimum atomic E-state index is 0.164. The molecule has 1 aliphatic heterocycles. The van der Waals surface area contributed by atoms with Gasteiger partial charge in [0, 0.05) is 39.6 Å². The first kappa shape index (κ1) is 20.1. The second-order valence-electron chi connectivity index (χ2n) is 8.45. The lowest BCUT2D eigenvalue weighted by Gasteiger charge is -2.35. The molecular formula is C20H38N4O. The number of likely N-dealkylation sites (tertiary alicyclic amines) is 1. The van der Waals surface area contributed by atoms with Crippen molar-refractivity contribution in [2.75, 3.05) is 33.2 Å². The Morgan fingerprint density at radius 1 is 1.16 bits per heavy atom. The highest BCUT2D eigenvalue weighted by Gasteiger charge is 2.32. The Morgan fingerprint density at radius 3 is 2.36 bits per heavy atom. The molecule has 0 aromatic rings. The maximum atomic E-state index is 11.6. The predicted molar refractivity (Wildman–Crippen MR) is 105 cm³/mol. The van der Waals surface area contributed by atoms with Gasteiger partial charge in [-0.15, -0.1) is 0 Å². The van der Waals surface area contributed by atoms with Gasteiger partial charge < -0.3 is 15.5 Å². The molecule has 1 amide bonds. The molecule has 5 heteroatoms. The van der Waals surface area contributed by atoms with Crippen LogP contribution in [0.25, 0.3) is 0 Å². The molecule has 0 atom stereocenters. The summed E-state index contributed by atoms with van der Waals surface area (Å²) in [5, 5.41) is 6.22. The van der Waals surface area contributed by atoms with E-state index in [-0.39, 0.29) is 11.3 Å². The van der Waals surface area contributed by atoms with Gasteiger partial charge in [-0.1, -0.05) is 26.7 Å². The van der Waals surface area contributed by atoms with Crippen LogP contribution in [0.3, 0.4) is 0 Å². The van der Waals surface area contributed by atoms with Crippen molar-refractivity contribution in [2.45, 2.75) is 65.7 Å². The highest BCUT2D eigenvalue weighted by atomic mass is 16.1. The van der Waals surface area contributed by atoms with E-state index < -0.39 is 0 Å². The highest BCUT2D eigenvalue weighted by molar-refractivity contribution is 5.80. The predicted octanol–water partition coefficient (Wildman–Crippen LogP) is 3.02. The normalized spacial score (nSPS) is 20.8. The fourth-order valence-electron chi connectivity index (χ4n) is 4.25. The molecule has 2 aliphatic rings. The average molecular weight is 351 g/mol. The number of aliphatic imine (C=N–C) groups is 1. The summed E-state index contributed by atoms with van der Waals surface area (Å²) >= 11 is 0. The van der Waals surface area contributed by atoms with Gasteiger partial charge in [-0.2, -0.15) is 0 Å². The largest absolute Gasteiger partial charge is 0.359 e. The Labute approximate surface area is 154 Å². The molecule has 2 rings (SSSR count). The van der Waals surface area contributed by atoms with E-state index >= 15 is 0 Å². The van der Waals surface area contributed by atoms with Crippen LogP contribution in [0, 0.1) is 17.3 Å². The number of hydrogen-bond acceptors (Lipinski definition) is 2. The van der Waals surface area contributed by atoms with Crippen LogP contribution in [0.2, 0.25) is 0 Å². The lowest BCUT2D eigenvalue weighted by atomic mass is 9.78. The summed E-state index contributed by atoms with van der Waals surface area (Å²) in [6.45, 7) is 10.7. The first-order valence-electron chi connectivity index (χ1n) is 10.2. The highest BCUT2D eigenvalue weighted by Crippen LogP contribution is 2.39. The summed E-state index contributed by atoms with van der Waals surface area (Å²) in [6.07, 6.45) is 8.31. The van der Waals surface area contributed by atoms with Gasteiger partial charge in [0.2, 0.25) is 5.91 Å². The van der Waals surface area contributed by atoms with Gasteiger partial charge in [0.1, 0.15) is 0 Å². The summed E-state index contributed by atoms with van der Waals surface area (Å²) in [4.78, 5) is 19.0. The molecule has 0 spiro atoms. The quantitative estimate of drug-likeness (QED) is 0.572. The number of hydrogen-bond donors (Lipinski definition) is 2. The maximum absolute atomic E-state index is 11.6. The van der Waals surface area contributed by atoms with Gasteiger partial charge in [-0.3, -0.25) is 9.79 Å². The summed E-state index contributed by atoms with van der Waals surface area (Å²) in [5.74, 6) is 2.55. The van der Waals surface area contributed by atoms with Crippen molar-refractivity contribution in [3.8, 4) is 0 Å². The molecule has 1 heterocycles. The molecule has 25 heavy (non-hydrogen) atoms. The second-order valence-corrected chi connectivity index (χ2v) is 8.45. The average Bonchev–Trinajstić information content (AvgIpc) is 3.15. The second kappa shape index (κ2) is 9.44. The minimum Gasteiger partial charge on any atom is -0.359 e. The zero-order valence-corrected chi connectivity index (χ0v) is 16.7. The molecule has 0 radical (unpaired) electrons. The van der Waals surface area contributed by atoms with E-state index in [4.69, 9.17) is 4.99 Å². The zero-order chi connectivity index (χ0) is 18.3. The molecule has 0 bridgehead atoms. The summed E-state index contributed by atoms with van der Waals surface area (Å²) in [7, 11) is 1.72. The van der Waals surface area contributed by atoms with Crippen molar-refractivity contribution in [2.24, 2.45) is 22.2 Å². The van der Waals surface area contributed by atoms with Crippen LogP contribution in [0.15, 0.2) is 4.99 Å². The number of carbonyl (C=O) groups excluding carboxylic acids is 1. The standard InChI is InChI=1S/C20H38N4O/c1-5-22-19(23-15-20(2,3)17-8-6-7-9-17)24-12-10-16(11-13-24)14-18(25)21-4/h16-17H,5-15H2,1-4H3,(H,21,25)(H,22,23). The summed E-state index contributed by atoms with van der Waals surface area (Å²) in [6, 6.07) is 0. The molecule has 144 valence electrons. The number of amides is 1. The first-order valence-corrected chi connectivity index (χ1v) is 10.2. The van der Waals surface area contributed by atoms with Crippen molar-refractivity contribution in [3.05, 3.63) is 0 Å². The third-order valence-electron chi connectivity index (χ3n) is 6.10. The Bertz CT molecular complexity index is 447. The molecule has 1 saturated heterocycles. The summed E-state index contributed by atoms with van der Waals surface area (Å²) in [5.41, 5.74) is 0.286. The molecule has 5 nitrogen and oxygen atoms in total. The SMILES string of the molecule is CCNC(=NCC(C)(C)C1CCCC1)N1CCC(CC(=O)NC)CC1. The van der Waals surface area contributed by atoms with Crippen molar-refractivity contribution in [1.29, 1.82) is 0 Å². The molecule has 2 N–H and O–H groups in total. The van der Waals surface area contributed by atoms with E-state index in [1.165, 1.54) is 25.7 Å². The van der Waals surface area contributed by atoms with E-state index in [0.717, 1.165) is 50.9 Å². The van der Waals surface area contributed by atoms with Crippen molar-refractivity contribution in [1.82, 2.24) is 15.5 Å². The van der Waals surface area contributed by atoms with Crippen LogP contribution in [0.5, 0.6) is 0 Å². The zero-order valence-electron chi connectivity index (χ0n) is 16.7. The van der Waals surface area contributed by atoms with Crippen molar-refractivity contribution in [3.63, 3.8) is 0 Å². The van der Waals surface area contributed by atoms with Crippen LogP contribution in [0.4, 0.5) is 0 Å². The van der Waals surface area contributed by atoms with E-state index in [0.29, 0.717) is 12.3 Å². The molecule has 0 unspecified atom stereocenters. The lowest BCUT2D eigenvalue weighted by molar-refractivity contribution is -0.121. The first-order chi connectivity index (χ1) is 12.0. The van der Waals surface area contributed by atoms with Crippen LogP contribution >= 0.6 is 0 Å². The topological polar surface area (TPSA) is 56.7 Å². The fraction of sp³-hybridized carbons (Fsp3) is 0.900. The maximum Gasteiger partial charge on any atom is 0.220 e. The molecule has 1 saturated carbocycles. The number of piperidine rings is 1. The van der Waals surface area contributed by atoms with Gasteiger partial charge in [-0.05, 0) is 49.9 Å². The number of nitrogens with one attached hydrogen (secondary N) is 2. The third kappa shape index (κ3) is 5.89. The van der Waals surface area contributed by atoms with Crippen LogP contribution in [-0.4, -0.2) is 50.0 Å². The van der Waals surface area contributed by atoms with E-state index in [1.54, 1.807) is 7.05 Å².